The number of carbonyl (C=O) groups is 1. The Hall–Kier alpha value is -10.2. The Labute approximate surface area is 495 Å². The molecule has 0 saturated carbocycles. The van der Waals surface area contributed by atoms with E-state index in [1.54, 1.807) is 231 Å². The first-order chi connectivity index (χ1) is 41.6. The van der Waals surface area contributed by atoms with Crippen molar-refractivity contribution >= 4 is 89.5 Å². The summed E-state index contributed by atoms with van der Waals surface area (Å²) in [6, 6.07) is 75.9. The minimum Gasteiger partial charge on any atom is -0.289 e. The van der Waals surface area contributed by atoms with Crippen molar-refractivity contribution in [2.75, 3.05) is 0 Å². The number of hydrogen-bond donors (Lipinski definition) is 0. The average Bonchev–Trinajstić information content (AvgIpc) is 1.85. The molecule has 14 rings (SSSR count). The molecule has 10 aromatic carbocycles. The van der Waals surface area contributed by atoms with Crippen LogP contribution in [0, 0.1) is 0 Å². The third kappa shape index (κ3) is 8.73. The minimum absolute atomic E-state index is 0.00427. The normalized spacial score (nSPS) is 12.4. The van der Waals surface area contributed by atoms with E-state index in [1.807, 2.05) is 0 Å². The standard InChI is InChI=1S/C69H46N4O9S4/c74-69(51-37-39-57(65-43-47-21-13-17-33-61(47)70(65)83(75,76)53-25-5-1-6-26-53)59(41-51)67-45-49-23-15-19-35-63(49)72(67)85(79,80)55-29-9-3-10-30-55)52-38-40-58(66-44-48-22-14-18-34-62(48)71(66)84(77,78)54-27-7-2-8-28-54)60(42-52)68-46-50-24-16-20-36-64(50)73(68)86(81,82)56-31-11-4-12-32-56/h1-46H. The number of benzene rings is 10. The van der Waals surface area contributed by atoms with Crippen molar-refractivity contribution in [2.45, 2.75) is 19.6 Å². The Bertz CT molecular complexity index is 5200. The average molecular weight is 1200 g/mol. The molecule has 0 bridgehead atoms. The summed E-state index contributed by atoms with van der Waals surface area (Å²) in [5.41, 5.74) is 2.92. The zero-order chi connectivity index (χ0) is 59.1. The van der Waals surface area contributed by atoms with Crippen molar-refractivity contribution in [1.82, 2.24) is 15.9 Å². The largest absolute Gasteiger partial charge is 0.289 e. The topological polar surface area (TPSA) is 173 Å². The number of aromatic nitrogens is 4. The van der Waals surface area contributed by atoms with Crippen molar-refractivity contribution < 1.29 is 38.5 Å². The summed E-state index contributed by atoms with van der Waals surface area (Å²) in [7, 11) is -17.6. The van der Waals surface area contributed by atoms with Crippen LogP contribution in [0.2, 0.25) is 0 Å². The molecule has 0 fully saturated rings. The molecule has 0 N–H and O–H groups in total. The van der Waals surface area contributed by atoms with Gasteiger partial charge in [-0.15, -0.1) is 0 Å². The Morgan fingerprint density at radius 2 is 0.453 bits per heavy atom. The van der Waals surface area contributed by atoms with Crippen LogP contribution in [-0.4, -0.2) is 55.3 Å². The van der Waals surface area contributed by atoms with Gasteiger partial charge in [0.05, 0.1) is 64.4 Å². The van der Waals surface area contributed by atoms with Crippen LogP contribution in [0.15, 0.2) is 299 Å². The van der Waals surface area contributed by atoms with Gasteiger partial charge in [0.15, 0.2) is 5.78 Å². The van der Waals surface area contributed by atoms with E-state index in [0.29, 0.717) is 43.6 Å². The van der Waals surface area contributed by atoms with E-state index in [0.717, 1.165) is 0 Å². The molecule has 0 aliphatic carbocycles. The second-order valence-electron chi connectivity index (χ2n) is 20.5. The number of ketones is 1. The Balaban J connectivity index is 1.05. The van der Waals surface area contributed by atoms with Crippen molar-refractivity contribution in [3.8, 4) is 45.0 Å². The lowest BCUT2D eigenvalue weighted by Gasteiger charge is -2.19. The summed E-state index contributed by atoms with van der Waals surface area (Å²) >= 11 is 0. The summed E-state index contributed by atoms with van der Waals surface area (Å²) in [4.78, 5) is 15.9. The molecule has 17 heteroatoms. The fraction of sp³-hybridized carbons (Fsp3) is 0. The van der Waals surface area contributed by atoms with E-state index < -0.39 is 45.9 Å². The van der Waals surface area contributed by atoms with Gasteiger partial charge in [0.2, 0.25) is 0 Å². The second-order valence-corrected chi connectivity index (χ2v) is 27.7. The van der Waals surface area contributed by atoms with Crippen LogP contribution in [-0.2, 0) is 40.1 Å². The van der Waals surface area contributed by atoms with E-state index in [1.165, 1.54) is 64.4 Å². The summed E-state index contributed by atoms with van der Waals surface area (Å²) < 4.78 is 126. The summed E-state index contributed by atoms with van der Waals surface area (Å²) in [6.45, 7) is 0. The lowest BCUT2D eigenvalue weighted by atomic mass is 9.92. The first-order valence-corrected chi connectivity index (χ1v) is 32.9. The third-order valence-electron chi connectivity index (χ3n) is 15.5. The number of carbonyl (C=O) groups excluding carboxylic acids is 1. The fourth-order valence-corrected chi connectivity index (χ4v) is 17.7. The quantitative estimate of drug-likeness (QED) is 0.0960. The van der Waals surface area contributed by atoms with E-state index in [4.69, 9.17) is 0 Å². The van der Waals surface area contributed by atoms with Gasteiger partial charge >= 0.3 is 0 Å². The molecule has 0 spiro atoms. The lowest BCUT2D eigenvalue weighted by molar-refractivity contribution is 0.103. The van der Waals surface area contributed by atoms with Gasteiger partial charge in [0.1, 0.15) is 0 Å². The number of nitrogens with zero attached hydrogens (tertiary/aromatic N) is 4. The summed E-state index contributed by atoms with van der Waals surface area (Å²) in [5.74, 6) is -0.595. The highest BCUT2D eigenvalue weighted by Crippen LogP contribution is 2.45. The van der Waals surface area contributed by atoms with Crippen LogP contribution in [0.1, 0.15) is 15.9 Å². The van der Waals surface area contributed by atoms with Gasteiger partial charge in [-0.1, -0.05) is 170 Å². The maximum atomic E-state index is 15.9. The fourth-order valence-electron chi connectivity index (χ4n) is 11.5. The minimum atomic E-state index is -4.44. The van der Waals surface area contributed by atoms with Gasteiger partial charge in [-0.05, 0) is 109 Å². The zero-order valence-electron chi connectivity index (χ0n) is 45.2. The van der Waals surface area contributed by atoms with Crippen LogP contribution in [0.4, 0.5) is 0 Å². The SMILES string of the molecule is O=C(c1ccc(-c2cc3ccccc3n2S(=O)(=O)c2ccccc2)c(-c2cc3ccccc3n2S(=O)(=O)c2ccccc2)c1)c1ccc(-c2cc3ccccc3n2S(=O)(=O)c2ccccc2)c(-c2cc3ccccc3n2S(=O)(=O)c2ccccc2)c1. The Morgan fingerprint density at radius 1 is 0.233 bits per heavy atom. The lowest BCUT2D eigenvalue weighted by Crippen LogP contribution is -2.16. The maximum absolute atomic E-state index is 15.9. The molecule has 4 heterocycles. The molecular formula is C69H46N4O9S4. The highest BCUT2D eigenvalue weighted by Gasteiger charge is 2.33. The highest BCUT2D eigenvalue weighted by atomic mass is 32.2. The smallest absolute Gasteiger partial charge is 0.268 e. The van der Waals surface area contributed by atoms with Crippen molar-refractivity contribution in [2.24, 2.45) is 0 Å². The maximum Gasteiger partial charge on any atom is 0.268 e. The van der Waals surface area contributed by atoms with Gasteiger partial charge in [-0.3, -0.25) is 4.79 Å². The monoisotopic (exact) mass is 1200 g/mol. The molecule has 0 aliphatic rings. The van der Waals surface area contributed by atoms with E-state index in [-0.39, 0.29) is 75.7 Å². The predicted octanol–water partition coefficient (Wildman–Crippen LogP) is 14.4. The molecule has 0 atom stereocenters. The van der Waals surface area contributed by atoms with Crippen molar-refractivity contribution in [3.05, 3.63) is 290 Å². The highest BCUT2D eigenvalue weighted by molar-refractivity contribution is 7.91. The molecule has 0 aliphatic heterocycles. The third-order valence-corrected chi connectivity index (χ3v) is 22.4. The summed E-state index contributed by atoms with van der Waals surface area (Å²) in [6.07, 6.45) is 0. The van der Waals surface area contributed by atoms with Crippen LogP contribution in [0.5, 0.6) is 0 Å². The molecule has 0 radical (unpaired) electrons. The van der Waals surface area contributed by atoms with E-state index in [2.05, 4.69) is 0 Å². The second kappa shape index (κ2) is 20.6. The van der Waals surface area contributed by atoms with Crippen LogP contribution < -0.4 is 0 Å². The number of hydrogen-bond acceptors (Lipinski definition) is 9. The van der Waals surface area contributed by atoms with E-state index >= 15 is 38.5 Å². The van der Waals surface area contributed by atoms with Gasteiger partial charge in [-0.25, -0.2) is 49.6 Å². The molecule has 0 saturated heterocycles. The number of rotatable bonds is 14. The van der Waals surface area contributed by atoms with E-state index in [9.17, 15) is 0 Å². The van der Waals surface area contributed by atoms with Crippen LogP contribution in [0.25, 0.3) is 88.6 Å². The van der Waals surface area contributed by atoms with Crippen LogP contribution >= 0.6 is 0 Å². The van der Waals surface area contributed by atoms with Crippen LogP contribution in [0.3, 0.4) is 0 Å². The summed E-state index contributed by atoms with van der Waals surface area (Å²) in [5, 5.41) is 2.21. The Morgan fingerprint density at radius 3 is 0.709 bits per heavy atom. The number of para-hydroxylation sites is 4. The van der Waals surface area contributed by atoms with Crippen molar-refractivity contribution in [3.63, 3.8) is 0 Å². The first kappa shape index (κ1) is 53.8. The molecule has 420 valence electrons. The van der Waals surface area contributed by atoms with Gasteiger partial charge < -0.3 is 0 Å². The molecular weight excluding hydrogens is 1160 g/mol. The molecule has 0 amide bonds. The van der Waals surface area contributed by atoms with Crippen molar-refractivity contribution in [1.29, 1.82) is 0 Å². The molecule has 13 nitrogen and oxygen atoms in total. The molecule has 86 heavy (non-hydrogen) atoms. The molecule has 4 aromatic heterocycles. The zero-order valence-corrected chi connectivity index (χ0v) is 48.4. The van der Waals surface area contributed by atoms with Gasteiger partial charge in [0, 0.05) is 54.9 Å². The molecule has 14 aromatic rings. The van der Waals surface area contributed by atoms with Gasteiger partial charge in [0.25, 0.3) is 40.1 Å². The first-order valence-electron chi connectivity index (χ1n) is 27.1. The molecule has 0 unspecified atom stereocenters. The van der Waals surface area contributed by atoms with Gasteiger partial charge in [-0.2, -0.15) is 0 Å². The Kier molecular flexibility index (Phi) is 12.9. The predicted molar refractivity (Wildman–Crippen MR) is 336 cm³/mol. The number of fused-ring (bicyclic) bond motifs is 4.